The molecule has 2 aromatic heterocycles. The molecular formula is C9H12F2N5O4P. The maximum absolute atomic E-state index is 12.9. The molecule has 0 saturated heterocycles. The van der Waals surface area contributed by atoms with Crippen molar-refractivity contribution in [2.24, 2.45) is 0 Å². The van der Waals surface area contributed by atoms with Gasteiger partial charge in [0.05, 0.1) is 6.20 Å². The molecule has 116 valence electrons. The highest BCUT2D eigenvalue weighted by molar-refractivity contribution is 7.51. The van der Waals surface area contributed by atoms with E-state index >= 15 is 0 Å². The number of fused-ring (bicyclic) bond motifs is 1. The summed E-state index contributed by atoms with van der Waals surface area (Å²) in [4.78, 5) is 24.9. The molecule has 0 spiro atoms. The van der Waals surface area contributed by atoms with E-state index in [1.54, 1.807) is 0 Å². The van der Waals surface area contributed by atoms with Crippen LogP contribution in [0.2, 0.25) is 0 Å². The Morgan fingerprint density at radius 3 is 2.76 bits per heavy atom. The number of anilines is 1. The van der Waals surface area contributed by atoms with Gasteiger partial charge in [0.2, 0.25) is 5.95 Å². The molecule has 0 aromatic carbocycles. The van der Waals surface area contributed by atoms with Crippen molar-refractivity contribution in [2.75, 3.05) is 12.1 Å². The second-order valence-corrected chi connectivity index (χ2v) is 5.76. The van der Waals surface area contributed by atoms with Crippen LogP contribution in [0.5, 0.6) is 0 Å². The molecule has 0 bridgehead atoms. The molecule has 12 heteroatoms. The minimum atomic E-state index is -4.53. The summed E-state index contributed by atoms with van der Waals surface area (Å²) < 4.78 is 42.2. The zero-order chi connectivity index (χ0) is 15.6. The Morgan fingerprint density at radius 2 is 2.14 bits per heavy atom. The van der Waals surface area contributed by atoms with Crippen molar-refractivity contribution in [1.29, 1.82) is 0 Å². The summed E-state index contributed by atoms with van der Waals surface area (Å²) in [7, 11) is -4.53. The Balaban J connectivity index is 2.19. The average Bonchev–Trinajstić information content (AvgIpc) is 2.77. The maximum Gasteiger partial charge on any atom is 0.350 e. The Labute approximate surface area is 116 Å². The molecule has 21 heavy (non-hydrogen) atoms. The van der Waals surface area contributed by atoms with Gasteiger partial charge in [-0.05, 0) is 0 Å². The predicted molar refractivity (Wildman–Crippen MR) is 66.7 cm³/mol. The number of hydrogen-bond donors (Lipinski definition) is 3. The van der Waals surface area contributed by atoms with Crippen LogP contribution in [0, 0.1) is 0 Å². The quantitative estimate of drug-likeness (QED) is 0.634. The van der Waals surface area contributed by atoms with Gasteiger partial charge in [0, 0.05) is 12.0 Å². The lowest BCUT2D eigenvalue weighted by atomic mass is 10.1. The van der Waals surface area contributed by atoms with Gasteiger partial charge in [-0.25, -0.2) is 18.7 Å². The monoisotopic (exact) mass is 323 g/mol. The van der Waals surface area contributed by atoms with E-state index in [2.05, 4.69) is 19.8 Å². The highest BCUT2D eigenvalue weighted by Crippen LogP contribution is 2.35. The summed E-state index contributed by atoms with van der Waals surface area (Å²) >= 11 is 0. The van der Waals surface area contributed by atoms with E-state index in [1.165, 1.54) is 10.7 Å². The van der Waals surface area contributed by atoms with Crippen LogP contribution in [0.1, 0.15) is 5.56 Å². The van der Waals surface area contributed by atoms with Crippen LogP contribution in [0.4, 0.5) is 14.7 Å². The van der Waals surface area contributed by atoms with Crippen molar-refractivity contribution >= 4 is 19.2 Å². The molecule has 2 rings (SSSR count). The average molecular weight is 323 g/mol. The van der Waals surface area contributed by atoms with Crippen LogP contribution in [-0.2, 0) is 15.7 Å². The van der Waals surface area contributed by atoms with Gasteiger partial charge in [-0.3, -0.25) is 4.57 Å². The number of hydrogen-bond acceptors (Lipinski definition) is 6. The topological polar surface area (TPSA) is 136 Å². The van der Waals surface area contributed by atoms with Crippen LogP contribution < -0.4 is 5.73 Å². The summed E-state index contributed by atoms with van der Waals surface area (Å²) in [6, 6.07) is 0. The first-order valence-corrected chi connectivity index (χ1v) is 7.45. The van der Waals surface area contributed by atoms with Crippen molar-refractivity contribution < 1.29 is 27.9 Å². The minimum absolute atomic E-state index is 0.0379. The van der Waals surface area contributed by atoms with Crippen LogP contribution in [0.15, 0.2) is 12.5 Å². The van der Waals surface area contributed by atoms with Gasteiger partial charge in [0.15, 0.2) is 5.65 Å². The van der Waals surface area contributed by atoms with E-state index in [0.29, 0.717) is 5.56 Å². The number of aromatic nitrogens is 4. The third kappa shape index (κ3) is 3.91. The van der Waals surface area contributed by atoms with Crippen LogP contribution >= 0.6 is 7.60 Å². The predicted octanol–water partition coefficient (Wildman–Crippen LogP) is 0.0345. The third-order valence-electron chi connectivity index (χ3n) is 2.56. The van der Waals surface area contributed by atoms with Gasteiger partial charge in [-0.2, -0.15) is 9.61 Å². The smallest absolute Gasteiger partial charge is 0.350 e. The highest BCUT2D eigenvalue weighted by Gasteiger charge is 2.27. The van der Waals surface area contributed by atoms with E-state index in [1.807, 2.05) is 0 Å². The number of ether oxygens (including phenoxy) is 1. The summed E-state index contributed by atoms with van der Waals surface area (Å²) in [5, 5.41) is 3.85. The Kier molecular flexibility index (Phi) is 4.47. The van der Waals surface area contributed by atoms with Crippen LogP contribution in [-0.4, -0.2) is 48.2 Å². The summed E-state index contributed by atoms with van der Waals surface area (Å²) in [5.41, 5.74) is 6.08. The van der Waals surface area contributed by atoms with Crippen molar-refractivity contribution in [2.45, 2.75) is 19.0 Å². The molecule has 9 nitrogen and oxygen atoms in total. The summed E-state index contributed by atoms with van der Waals surface area (Å²) in [5.74, 6) is 0.0379. The molecule has 0 aliphatic heterocycles. The van der Waals surface area contributed by atoms with E-state index in [-0.39, 0.29) is 18.0 Å². The number of nitrogens with zero attached hydrogens (tertiary/aromatic N) is 4. The molecule has 0 aliphatic carbocycles. The molecule has 2 aromatic rings. The maximum atomic E-state index is 12.9. The van der Waals surface area contributed by atoms with E-state index in [9.17, 15) is 13.3 Å². The van der Waals surface area contributed by atoms with Crippen LogP contribution in [0.25, 0.3) is 5.65 Å². The van der Waals surface area contributed by atoms with Gasteiger partial charge in [0.25, 0.3) is 6.43 Å². The van der Waals surface area contributed by atoms with Crippen LogP contribution in [0.3, 0.4) is 0 Å². The fourth-order valence-corrected chi connectivity index (χ4v) is 2.04. The van der Waals surface area contributed by atoms with Gasteiger partial charge >= 0.3 is 7.60 Å². The number of alkyl halides is 2. The Morgan fingerprint density at radius 1 is 1.43 bits per heavy atom. The van der Waals surface area contributed by atoms with E-state index in [4.69, 9.17) is 15.5 Å². The Hall–Kier alpha value is -1.68. The number of nitrogens with two attached hydrogens (primary N) is 1. The molecular weight excluding hydrogens is 311 g/mol. The second-order valence-electron chi connectivity index (χ2n) is 4.17. The lowest BCUT2D eigenvalue weighted by Crippen LogP contribution is -2.25. The zero-order valence-corrected chi connectivity index (χ0v) is 11.4. The molecule has 0 unspecified atom stereocenters. The number of nitrogen functional groups attached to an aromatic ring is 1. The van der Waals surface area contributed by atoms with Crippen molar-refractivity contribution in [1.82, 2.24) is 19.6 Å². The molecule has 0 fully saturated rings. The molecule has 1 atom stereocenters. The molecule has 0 aliphatic rings. The molecule has 0 saturated carbocycles. The van der Waals surface area contributed by atoms with Gasteiger partial charge in [-0.15, -0.1) is 0 Å². The largest absolute Gasteiger partial charge is 0.368 e. The zero-order valence-electron chi connectivity index (χ0n) is 10.5. The number of halogens is 2. The van der Waals surface area contributed by atoms with Crippen molar-refractivity contribution in [3.63, 3.8) is 0 Å². The summed E-state index contributed by atoms with van der Waals surface area (Å²) in [6.45, 7) is 0. The molecule has 0 radical (unpaired) electrons. The van der Waals surface area contributed by atoms with Gasteiger partial charge < -0.3 is 20.3 Å². The standard InChI is InChI=1S/C9H12F2N5O4P/c10-7(11)6(20-4-21(17,18)19)1-5-2-15-16-8(5)13-3-14-9(16)12/h2-3,6-7H,1,4H2,(H2,12,13,14)(H2,17,18,19)/t6-/m1/s1. The van der Waals surface area contributed by atoms with Gasteiger partial charge in [-0.1, -0.05) is 0 Å². The third-order valence-corrected chi connectivity index (χ3v) is 3.05. The first-order chi connectivity index (χ1) is 9.78. The first kappa shape index (κ1) is 15.7. The lowest BCUT2D eigenvalue weighted by Gasteiger charge is -2.16. The SMILES string of the molecule is Nc1ncnc2c(C[C@@H](OCP(=O)(O)O)C(F)F)cnn12. The van der Waals surface area contributed by atoms with E-state index < -0.39 is 26.5 Å². The highest BCUT2D eigenvalue weighted by atomic mass is 31.2. The fraction of sp³-hybridized carbons (Fsp3) is 0.444. The normalized spacial score (nSPS) is 14.0. The lowest BCUT2D eigenvalue weighted by molar-refractivity contribution is -0.0425. The first-order valence-electron chi connectivity index (χ1n) is 5.65. The van der Waals surface area contributed by atoms with Gasteiger partial charge in [0.1, 0.15) is 18.8 Å². The molecule has 2 heterocycles. The Bertz CT molecular complexity index is 675. The van der Waals surface area contributed by atoms with Crippen molar-refractivity contribution in [3.05, 3.63) is 18.1 Å². The fourth-order valence-electron chi connectivity index (χ4n) is 1.65. The van der Waals surface area contributed by atoms with Crippen molar-refractivity contribution in [3.8, 4) is 0 Å². The number of rotatable bonds is 6. The summed E-state index contributed by atoms with van der Waals surface area (Å²) in [6.07, 6.45) is -3.59. The molecule has 4 N–H and O–H groups in total. The second kappa shape index (κ2) is 5.98. The minimum Gasteiger partial charge on any atom is -0.368 e. The van der Waals surface area contributed by atoms with E-state index in [0.717, 1.165) is 6.33 Å². The molecule has 0 amide bonds.